The van der Waals surface area contributed by atoms with Crippen molar-refractivity contribution in [1.29, 1.82) is 0 Å². The van der Waals surface area contributed by atoms with Gasteiger partial charge in [-0.05, 0) is 11.6 Å². The van der Waals surface area contributed by atoms with E-state index in [9.17, 15) is 8.42 Å². The van der Waals surface area contributed by atoms with Crippen LogP contribution in [0.15, 0.2) is 54.7 Å². The topological polar surface area (TPSA) is 56.3 Å². The van der Waals surface area contributed by atoms with Gasteiger partial charge in [0.1, 0.15) is 5.75 Å². The van der Waals surface area contributed by atoms with Crippen molar-refractivity contribution in [2.75, 3.05) is 0 Å². The van der Waals surface area contributed by atoms with Crippen LogP contribution in [0, 0.1) is 0 Å². The Hall–Kier alpha value is -1.88. The maximum atomic E-state index is 11.7. The van der Waals surface area contributed by atoms with Crippen molar-refractivity contribution in [2.24, 2.45) is 0 Å². The molecule has 0 amide bonds. The molecular formula is C12H11NO3S. The van der Waals surface area contributed by atoms with Crippen LogP contribution in [0.3, 0.4) is 0 Å². The monoisotopic (exact) mass is 249 g/mol. The number of pyridine rings is 1. The van der Waals surface area contributed by atoms with Gasteiger partial charge >= 0.3 is 10.1 Å². The molecule has 1 heterocycles. The number of hydrogen-bond acceptors (Lipinski definition) is 4. The van der Waals surface area contributed by atoms with Crippen molar-refractivity contribution in [3.8, 4) is 5.88 Å². The van der Waals surface area contributed by atoms with Crippen molar-refractivity contribution in [3.63, 3.8) is 0 Å². The molecule has 88 valence electrons. The van der Waals surface area contributed by atoms with Crippen LogP contribution >= 0.6 is 0 Å². The van der Waals surface area contributed by atoms with Crippen molar-refractivity contribution >= 4 is 10.1 Å². The predicted molar refractivity (Wildman–Crippen MR) is 63.9 cm³/mol. The summed E-state index contributed by atoms with van der Waals surface area (Å²) in [6.07, 6.45) is 1.48. The van der Waals surface area contributed by atoms with Crippen molar-refractivity contribution in [2.45, 2.75) is 5.75 Å². The Labute approximate surface area is 100 Å². The molecule has 2 aromatic rings. The van der Waals surface area contributed by atoms with Gasteiger partial charge in [0, 0.05) is 12.3 Å². The highest BCUT2D eigenvalue weighted by atomic mass is 32.2. The quantitative estimate of drug-likeness (QED) is 0.777. The van der Waals surface area contributed by atoms with E-state index in [0.29, 0.717) is 5.56 Å². The van der Waals surface area contributed by atoms with Gasteiger partial charge in [0.2, 0.25) is 5.88 Å². The average Bonchev–Trinajstić information content (AvgIpc) is 2.30. The highest BCUT2D eigenvalue weighted by Crippen LogP contribution is 2.11. The summed E-state index contributed by atoms with van der Waals surface area (Å²) >= 11 is 0. The molecule has 0 spiro atoms. The largest absolute Gasteiger partial charge is 0.361 e. The molecule has 0 radical (unpaired) electrons. The number of hydrogen-bond donors (Lipinski definition) is 0. The Kier molecular flexibility index (Phi) is 3.39. The lowest BCUT2D eigenvalue weighted by atomic mass is 10.2. The van der Waals surface area contributed by atoms with Crippen LogP contribution in [-0.2, 0) is 15.9 Å². The third kappa shape index (κ3) is 3.57. The van der Waals surface area contributed by atoms with E-state index >= 15 is 0 Å². The third-order valence-corrected chi connectivity index (χ3v) is 3.15. The van der Waals surface area contributed by atoms with E-state index in [1.807, 2.05) is 6.07 Å². The van der Waals surface area contributed by atoms with E-state index in [1.54, 1.807) is 36.4 Å². The highest BCUT2D eigenvalue weighted by molar-refractivity contribution is 7.86. The van der Waals surface area contributed by atoms with Crippen LogP contribution in [0.2, 0.25) is 0 Å². The molecule has 0 aliphatic heterocycles. The Balaban J connectivity index is 2.11. The van der Waals surface area contributed by atoms with Gasteiger partial charge in [-0.2, -0.15) is 8.42 Å². The van der Waals surface area contributed by atoms with E-state index < -0.39 is 10.1 Å². The molecule has 5 heteroatoms. The summed E-state index contributed by atoms with van der Waals surface area (Å²) in [6, 6.07) is 13.7. The first kappa shape index (κ1) is 11.6. The summed E-state index contributed by atoms with van der Waals surface area (Å²) in [4.78, 5) is 3.80. The molecule has 0 fully saturated rings. The lowest BCUT2D eigenvalue weighted by Gasteiger charge is -2.05. The molecule has 2 rings (SSSR count). The molecule has 0 aliphatic rings. The molecule has 17 heavy (non-hydrogen) atoms. The standard InChI is InChI=1S/C12H11NO3S/c14-17(15,10-11-6-2-1-3-7-11)16-12-8-4-5-9-13-12/h1-9H,10H2. The number of benzene rings is 1. The second kappa shape index (κ2) is 4.97. The van der Waals surface area contributed by atoms with Gasteiger partial charge < -0.3 is 4.18 Å². The number of aromatic nitrogens is 1. The van der Waals surface area contributed by atoms with E-state index in [4.69, 9.17) is 4.18 Å². The molecule has 0 bridgehead atoms. The van der Waals surface area contributed by atoms with Crippen LogP contribution in [0.25, 0.3) is 0 Å². The Morgan fingerprint density at radius 2 is 1.71 bits per heavy atom. The fourth-order valence-corrected chi connectivity index (χ4v) is 2.35. The molecule has 1 aromatic carbocycles. The SMILES string of the molecule is O=S(=O)(Cc1ccccc1)Oc1ccccn1. The Morgan fingerprint density at radius 3 is 2.35 bits per heavy atom. The smallest absolute Gasteiger partial charge is 0.314 e. The summed E-state index contributed by atoms with van der Waals surface area (Å²) in [5.41, 5.74) is 0.684. The van der Waals surface area contributed by atoms with Crippen molar-refractivity contribution in [3.05, 3.63) is 60.3 Å². The first-order valence-electron chi connectivity index (χ1n) is 5.03. The Morgan fingerprint density at radius 1 is 1.00 bits per heavy atom. The predicted octanol–water partition coefficient (Wildman–Crippen LogP) is 1.99. The lowest BCUT2D eigenvalue weighted by Crippen LogP contribution is -2.12. The van der Waals surface area contributed by atoms with E-state index in [1.165, 1.54) is 12.3 Å². The molecule has 0 N–H and O–H groups in total. The molecule has 1 aromatic heterocycles. The van der Waals surface area contributed by atoms with Gasteiger partial charge in [-0.1, -0.05) is 36.4 Å². The van der Waals surface area contributed by atoms with Crippen LogP contribution in [0.5, 0.6) is 5.88 Å². The number of rotatable bonds is 4. The summed E-state index contributed by atoms with van der Waals surface area (Å²) < 4.78 is 28.3. The highest BCUT2D eigenvalue weighted by Gasteiger charge is 2.14. The van der Waals surface area contributed by atoms with Gasteiger partial charge in [-0.3, -0.25) is 0 Å². The first-order chi connectivity index (χ1) is 8.16. The van der Waals surface area contributed by atoms with Crippen LogP contribution in [0.4, 0.5) is 0 Å². The number of nitrogens with zero attached hydrogens (tertiary/aromatic N) is 1. The normalized spacial score (nSPS) is 11.1. The van der Waals surface area contributed by atoms with Crippen LogP contribution < -0.4 is 4.18 Å². The molecule has 4 nitrogen and oxygen atoms in total. The molecule has 0 atom stereocenters. The van der Waals surface area contributed by atoms with E-state index in [0.717, 1.165) is 0 Å². The van der Waals surface area contributed by atoms with E-state index in [2.05, 4.69) is 4.98 Å². The van der Waals surface area contributed by atoms with Crippen molar-refractivity contribution < 1.29 is 12.6 Å². The lowest BCUT2D eigenvalue weighted by molar-refractivity contribution is 0.475. The minimum atomic E-state index is -3.65. The van der Waals surface area contributed by atoms with Gasteiger partial charge in [0.25, 0.3) is 0 Å². The van der Waals surface area contributed by atoms with Crippen LogP contribution in [-0.4, -0.2) is 13.4 Å². The fraction of sp³-hybridized carbons (Fsp3) is 0.0833. The molecular weight excluding hydrogens is 238 g/mol. The molecule has 0 unspecified atom stereocenters. The van der Waals surface area contributed by atoms with Gasteiger partial charge in [0.15, 0.2) is 0 Å². The zero-order valence-electron chi connectivity index (χ0n) is 8.98. The van der Waals surface area contributed by atoms with Crippen molar-refractivity contribution in [1.82, 2.24) is 4.98 Å². The van der Waals surface area contributed by atoms with Gasteiger partial charge in [0.05, 0.1) is 0 Å². The second-order valence-corrected chi connectivity index (χ2v) is 5.01. The average molecular weight is 249 g/mol. The molecule has 0 saturated heterocycles. The fourth-order valence-electron chi connectivity index (χ4n) is 1.33. The zero-order chi connectivity index (χ0) is 12.1. The minimum Gasteiger partial charge on any atom is -0.361 e. The zero-order valence-corrected chi connectivity index (χ0v) is 9.80. The minimum absolute atomic E-state index is 0.0865. The Bertz CT molecular complexity index is 520. The first-order valence-corrected chi connectivity index (χ1v) is 6.60. The maximum Gasteiger partial charge on any atom is 0.314 e. The van der Waals surface area contributed by atoms with E-state index in [-0.39, 0.29) is 11.6 Å². The molecule has 0 aliphatic carbocycles. The summed E-state index contributed by atoms with van der Waals surface area (Å²) in [5, 5.41) is 0. The summed E-state index contributed by atoms with van der Waals surface area (Å²) in [5.74, 6) is -0.0758. The third-order valence-electron chi connectivity index (χ3n) is 2.04. The van der Waals surface area contributed by atoms with Gasteiger partial charge in [-0.25, -0.2) is 4.98 Å². The maximum absolute atomic E-state index is 11.7. The second-order valence-electron chi connectivity index (χ2n) is 3.44. The molecule has 0 saturated carbocycles. The van der Waals surface area contributed by atoms with Crippen LogP contribution in [0.1, 0.15) is 5.56 Å². The summed E-state index contributed by atoms with van der Waals surface area (Å²) in [7, 11) is -3.65. The van der Waals surface area contributed by atoms with Gasteiger partial charge in [-0.15, -0.1) is 0 Å². The summed E-state index contributed by atoms with van der Waals surface area (Å²) in [6.45, 7) is 0.